The molecule has 2 aliphatic heterocycles. The number of nitrogens with one attached hydrogen (secondary N) is 1. The molecule has 0 radical (unpaired) electrons. The molecule has 0 atom stereocenters. The van der Waals surface area contributed by atoms with E-state index < -0.39 is 22.0 Å². The van der Waals surface area contributed by atoms with Gasteiger partial charge in [-0.05, 0) is 49.4 Å². The molecule has 2 aromatic carbocycles. The number of carbonyl (C=O) groups is 2. The third-order valence-corrected chi connectivity index (χ3v) is 7.87. The number of fused-ring (bicyclic) bond motifs is 1. The van der Waals surface area contributed by atoms with Crippen LogP contribution in [0.1, 0.15) is 17.3 Å². The van der Waals surface area contributed by atoms with Crippen molar-refractivity contribution in [1.29, 1.82) is 0 Å². The van der Waals surface area contributed by atoms with Gasteiger partial charge in [0, 0.05) is 37.3 Å². The number of ether oxygens (including phenoxy) is 3. The van der Waals surface area contributed by atoms with Gasteiger partial charge >= 0.3 is 12.1 Å². The quantitative estimate of drug-likeness (QED) is 0.490. The van der Waals surface area contributed by atoms with E-state index in [1.807, 2.05) is 0 Å². The largest absolute Gasteiger partial charge is 0.486 e. The summed E-state index contributed by atoms with van der Waals surface area (Å²) < 4.78 is 48.9. The lowest BCUT2D eigenvalue weighted by atomic mass is 10.2. The average Bonchev–Trinajstić information content (AvgIpc) is 3.41. The van der Waals surface area contributed by atoms with Gasteiger partial charge in [0.05, 0.1) is 11.5 Å². The molecule has 0 saturated carbocycles. The van der Waals surface area contributed by atoms with Gasteiger partial charge in [-0.1, -0.05) is 5.10 Å². The van der Waals surface area contributed by atoms with Gasteiger partial charge in [-0.25, -0.2) is 13.2 Å². The maximum absolute atomic E-state index is 13.0. The zero-order valence-corrected chi connectivity index (χ0v) is 21.3. The third kappa shape index (κ3) is 5.26. The molecule has 3 heterocycles. The fourth-order valence-electron chi connectivity index (χ4n) is 3.99. The highest BCUT2D eigenvalue weighted by Gasteiger charge is 2.30. The van der Waals surface area contributed by atoms with E-state index in [1.54, 1.807) is 25.1 Å². The number of rotatable bonds is 6. The van der Waals surface area contributed by atoms with Crippen LogP contribution in [-0.2, 0) is 14.8 Å². The second-order valence-electron chi connectivity index (χ2n) is 8.34. The van der Waals surface area contributed by atoms with E-state index in [0.717, 1.165) is 0 Å². The molecule has 0 aliphatic carbocycles. The maximum Gasteiger partial charge on any atom is 0.409 e. The molecule has 5 rings (SSSR count). The first-order valence-electron chi connectivity index (χ1n) is 11.9. The van der Waals surface area contributed by atoms with Crippen LogP contribution in [0.3, 0.4) is 0 Å². The first kappa shape index (κ1) is 25.5. The van der Waals surface area contributed by atoms with Gasteiger partial charge in [-0.3, -0.25) is 10.1 Å². The Morgan fingerprint density at radius 3 is 2.39 bits per heavy atom. The second kappa shape index (κ2) is 10.7. The van der Waals surface area contributed by atoms with Crippen LogP contribution in [-0.4, -0.2) is 85.8 Å². The molecule has 3 aromatic rings. The van der Waals surface area contributed by atoms with Crippen LogP contribution < -0.4 is 14.8 Å². The van der Waals surface area contributed by atoms with Crippen LogP contribution in [0.5, 0.6) is 11.5 Å². The molecule has 13 nitrogen and oxygen atoms in total. The Morgan fingerprint density at radius 2 is 1.68 bits per heavy atom. The monoisotopic (exact) mass is 543 g/mol. The lowest BCUT2D eigenvalue weighted by Crippen LogP contribution is -2.50. The molecular weight excluding hydrogens is 518 g/mol. The third-order valence-electron chi connectivity index (χ3n) is 5.95. The summed E-state index contributed by atoms with van der Waals surface area (Å²) in [6, 6.07) is 10.6. The van der Waals surface area contributed by atoms with Gasteiger partial charge in [0.1, 0.15) is 13.2 Å². The highest BCUT2D eigenvalue weighted by atomic mass is 32.2. The molecule has 1 saturated heterocycles. The lowest BCUT2D eigenvalue weighted by molar-refractivity contribution is 0.0933. The summed E-state index contributed by atoms with van der Waals surface area (Å²) in [6.45, 7) is 3.64. The number of hydrogen-bond donors (Lipinski definition) is 1. The molecule has 1 aromatic heterocycles. The summed E-state index contributed by atoms with van der Waals surface area (Å²) in [4.78, 5) is 26.0. The first-order valence-corrected chi connectivity index (χ1v) is 13.4. The maximum atomic E-state index is 13.0. The van der Waals surface area contributed by atoms with Crippen molar-refractivity contribution in [3.05, 3.63) is 48.0 Å². The van der Waals surface area contributed by atoms with Crippen LogP contribution in [0.15, 0.2) is 51.8 Å². The number of aromatic nitrogens is 2. The predicted molar refractivity (Wildman–Crippen MR) is 132 cm³/mol. The first-order chi connectivity index (χ1) is 18.3. The molecule has 14 heteroatoms. The molecule has 1 N–H and O–H groups in total. The highest BCUT2D eigenvalue weighted by molar-refractivity contribution is 7.89. The van der Waals surface area contributed by atoms with Crippen LogP contribution in [0.25, 0.3) is 11.5 Å². The van der Waals surface area contributed by atoms with Crippen LogP contribution in [0.4, 0.5) is 10.8 Å². The number of piperazine rings is 1. The smallest absolute Gasteiger partial charge is 0.409 e. The van der Waals surface area contributed by atoms with Gasteiger partial charge in [-0.15, -0.1) is 5.10 Å². The fourth-order valence-corrected chi connectivity index (χ4v) is 5.41. The summed E-state index contributed by atoms with van der Waals surface area (Å²) in [5.41, 5.74) is 0.801. The van der Waals surface area contributed by atoms with Crippen molar-refractivity contribution < 1.29 is 36.6 Å². The number of amides is 2. The van der Waals surface area contributed by atoms with Gasteiger partial charge < -0.3 is 23.5 Å². The van der Waals surface area contributed by atoms with Crippen LogP contribution in [0, 0.1) is 0 Å². The van der Waals surface area contributed by atoms with E-state index in [0.29, 0.717) is 30.3 Å². The van der Waals surface area contributed by atoms with Gasteiger partial charge in [0.2, 0.25) is 15.9 Å². The van der Waals surface area contributed by atoms with E-state index in [9.17, 15) is 18.0 Å². The van der Waals surface area contributed by atoms with Crippen molar-refractivity contribution in [3.8, 4) is 23.0 Å². The minimum absolute atomic E-state index is 0.0392. The zero-order chi connectivity index (χ0) is 26.7. The summed E-state index contributed by atoms with van der Waals surface area (Å²) in [5.74, 6) is 0.821. The molecular formula is C24H25N5O8S. The number of benzene rings is 2. The Labute approximate surface area is 218 Å². The van der Waals surface area contributed by atoms with Crippen molar-refractivity contribution in [1.82, 2.24) is 19.4 Å². The SMILES string of the molecule is CCOC(=O)N1CCN(S(=O)(=O)c2ccc(C(=O)Nc3nnc(-c4ccc5c(c4)OCCO5)o3)cc2)CC1. The van der Waals surface area contributed by atoms with Crippen molar-refractivity contribution >= 4 is 28.0 Å². The predicted octanol–water partition coefficient (Wildman–Crippen LogP) is 2.22. The van der Waals surface area contributed by atoms with Gasteiger partial charge in [-0.2, -0.15) is 4.31 Å². The lowest BCUT2D eigenvalue weighted by Gasteiger charge is -2.33. The van der Waals surface area contributed by atoms with Crippen molar-refractivity contribution in [2.75, 3.05) is 51.3 Å². The van der Waals surface area contributed by atoms with Gasteiger partial charge in [0.25, 0.3) is 5.91 Å². The fraction of sp³-hybridized carbons (Fsp3) is 0.333. The summed E-state index contributed by atoms with van der Waals surface area (Å²) in [7, 11) is -3.80. The Hall–Kier alpha value is -4.17. The number of nitrogens with zero attached hydrogens (tertiary/aromatic N) is 4. The molecule has 1 fully saturated rings. The zero-order valence-electron chi connectivity index (χ0n) is 20.5. The van der Waals surface area contributed by atoms with Crippen molar-refractivity contribution in [3.63, 3.8) is 0 Å². The Balaban J connectivity index is 1.21. The number of carbonyl (C=O) groups excluding carboxylic acids is 2. The van der Waals surface area contributed by atoms with E-state index in [-0.39, 0.29) is 55.2 Å². The van der Waals surface area contributed by atoms with Crippen molar-refractivity contribution in [2.45, 2.75) is 11.8 Å². The Morgan fingerprint density at radius 1 is 0.974 bits per heavy atom. The molecule has 38 heavy (non-hydrogen) atoms. The molecule has 2 aliphatic rings. The van der Waals surface area contributed by atoms with E-state index >= 15 is 0 Å². The standard InChI is InChI=1S/C24H25N5O8S/c1-2-34-24(31)28-9-11-29(12-10-28)38(32,33)18-6-3-16(4-7-18)21(30)25-23-27-26-22(37-23)17-5-8-19-20(15-17)36-14-13-35-19/h3-8,15H,2,9-14H2,1H3,(H,25,27,30). The molecule has 0 unspecified atom stereocenters. The van der Waals surface area contributed by atoms with Crippen LogP contribution in [0.2, 0.25) is 0 Å². The molecule has 200 valence electrons. The van der Waals surface area contributed by atoms with E-state index in [1.165, 1.54) is 33.5 Å². The molecule has 2 amide bonds. The van der Waals surface area contributed by atoms with E-state index in [2.05, 4.69) is 15.5 Å². The van der Waals surface area contributed by atoms with Gasteiger partial charge in [0.15, 0.2) is 11.5 Å². The highest BCUT2D eigenvalue weighted by Crippen LogP contribution is 2.34. The number of hydrogen-bond acceptors (Lipinski definition) is 10. The number of anilines is 1. The average molecular weight is 544 g/mol. The minimum atomic E-state index is -3.80. The minimum Gasteiger partial charge on any atom is -0.486 e. The second-order valence-corrected chi connectivity index (χ2v) is 10.3. The normalized spacial score (nSPS) is 15.7. The van der Waals surface area contributed by atoms with Crippen molar-refractivity contribution in [2.24, 2.45) is 0 Å². The van der Waals surface area contributed by atoms with E-state index in [4.69, 9.17) is 18.6 Å². The summed E-state index contributed by atoms with van der Waals surface area (Å²) in [6.07, 6.45) is -0.459. The Bertz CT molecular complexity index is 1430. The van der Waals surface area contributed by atoms with Crippen LogP contribution >= 0.6 is 0 Å². The number of sulfonamides is 1. The Kier molecular flexibility index (Phi) is 7.15. The topological polar surface area (TPSA) is 153 Å². The summed E-state index contributed by atoms with van der Waals surface area (Å²) >= 11 is 0. The summed E-state index contributed by atoms with van der Waals surface area (Å²) in [5, 5.41) is 10.3. The molecule has 0 spiro atoms. The molecule has 0 bridgehead atoms.